The van der Waals surface area contributed by atoms with Crippen LogP contribution >= 0.6 is 0 Å². The zero-order valence-electron chi connectivity index (χ0n) is 17.1. The molecule has 162 valence electrons. The first-order valence-corrected chi connectivity index (χ1v) is 9.73. The number of hydrogen-bond donors (Lipinski definition) is 2. The quantitative estimate of drug-likeness (QED) is 0.522. The van der Waals surface area contributed by atoms with Crippen LogP contribution in [-0.2, 0) is 4.74 Å². The molecule has 2 N–H and O–H groups in total. The first kappa shape index (κ1) is 22.6. The third kappa shape index (κ3) is 8.12. The lowest BCUT2D eigenvalue weighted by atomic mass is 10.2. The van der Waals surface area contributed by atoms with Gasteiger partial charge in [-0.15, -0.1) is 0 Å². The minimum absolute atomic E-state index is 0.0843. The molecule has 1 amide bonds. The number of nitrogens with zero attached hydrogens (tertiary/aromatic N) is 3. The fourth-order valence-corrected chi connectivity index (χ4v) is 3.16. The lowest BCUT2D eigenvalue weighted by molar-refractivity contribution is -0.143. The molecule has 10 heteroatoms. The van der Waals surface area contributed by atoms with E-state index in [9.17, 15) is 18.0 Å². The maximum absolute atomic E-state index is 12.5. The van der Waals surface area contributed by atoms with Gasteiger partial charge >= 0.3 is 12.3 Å². The SMILES string of the molecule is CN=C(NCCN(C(=O)OC(C)(C)C)C1CC1)NC1CCN(CC(F)(F)F)C1. The van der Waals surface area contributed by atoms with E-state index in [2.05, 4.69) is 15.6 Å². The van der Waals surface area contributed by atoms with Crippen molar-refractivity contribution in [2.24, 2.45) is 4.99 Å². The van der Waals surface area contributed by atoms with Crippen molar-refractivity contribution < 1.29 is 22.7 Å². The van der Waals surface area contributed by atoms with Crippen LogP contribution in [0.1, 0.15) is 40.0 Å². The first-order valence-electron chi connectivity index (χ1n) is 9.73. The minimum Gasteiger partial charge on any atom is -0.444 e. The van der Waals surface area contributed by atoms with Gasteiger partial charge in [-0.3, -0.25) is 9.89 Å². The molecule has 1 heterocycles. The molecule has 0 aromatic carbocycles. The Morgan fingerprint density at radius 1 is 1.25 bits per heavy atom. The van der Waals surface area contributed by atoms with Gasteiger partial charge in [0.15, 0.2) is 5.96 Å². The van der Waals surface area contributed by atoms with Crippen LogP contribution in [-0.4, -0.2) is 85.5 Å². The molecule has 0 bridgehead atoms. The second kappa shape index (κ2) is 9.19. The summed E-state index contributed by atoms with van der Waals surface area (Å²) in [5, 5.41) is 6.30. The molecule has 28 heavy (non-hydrogen) atoms. The third-order valence-electron chi connectivity index (χ3n) is 4.50. The summed E-state index contributed by atoms with van der Waals surface area (Å²) in [6.07, 6.45) is -1.92. The van der Waals surface area contributed by atoms with Crippen LogP contribution in [0.2, 0.25) is 0 Å². The van der Waals surface area contributed by atoms with Crippen LogP contribution in [0.5, 0.6) is 0 Å². The van der Waals surface area contributed by atoms with Crippen molar-refractivity contribution >= 4 is 12.1 Å². The van der Waals surface area contributed by atoms with Crippen molar-refractivity contribution in [3.63, 3.8) is 0 Å². The Labute approximate surface area is 164 Å². The number of rotatable bonds is 6. The van der Waals surface area contributed by atoms with Gasteiger partial charge in [0, 0.05) is 45.3 Å². The van der Waals surface area contributed by atoms with Crippen molar-refractivity contribution in [1.82, 2.24) is 20.4 Å². The Morgan fingerprint density at radius 3 is 2.46 bits per heavy atom. The molecule has 1 aliphatic heterocycles. The highest BCUT2D eigenvalue weighted by atomic mass is 19.4. The lowest BCUT2D eigenvalue weighted by Crippen LogP contribution is -2.48. The van der Waals surface area contributed by atoms with E-state index in [4.69, 9.17) is 4.74 Å². The summed E-state index contributed by atoms with van der Waals surface area (Å²) in [4.78, 5) is 19.6. The van der Waals surface area contributed by atoms with Crippen LogP contribution in [0.25, 0.3) is 0 Å². The van der Waals surface area contributed by atoms with Gasteiger partial charge in [-0.1, -0.05) is 0 Å². The minimum atomic E-state index is -4.18. The van der Waals surface area contributed by atoms with Crippen molar-refractivity contribution in [3.05, 3.63) is 0 Å². The van der Waals surface area contributed by atoms with Gasteiger partial charge in [-0.05, 0) is 40.0 Å². The van der Waals surface area contributed by atoms with E-state index < -0.39 is 18.3 Å². The van der Waals surface area contributed by atoms with Gasteiger partial charge in [-0.25, -0.2) is 4.79 Å². The predicted molar refractivity (Wildman–Crippen MR) is 101 cm³/mol. The molecule has 0 radical (unpaired) electrons. The first-order chi connectivity index (χ1) is 13.0. The van der Waals surface area contributed by atoms with E-state index in [1.165, 1.54) is 4.90 Å². The van der Waals surface area contributed by atoms with Gasteiger partial charge in [0.05, 0.1) is 6.54 Å². The van der Waals surface area contributed by atoms with Crippen LogP contribution in [0.4, 0.5) is 18.0 Å². The number of likely N-dealkylation sites (tertiary alicyclic amines) is 1. The second-order valence-electron chi connectivity index (χ2n) is 8.38. The molecule has 2 aliphatic rings. The molecular weight excluding hydrogens is 375 g/mol. The van der Waals surface area contributed by atoms with E-state index >= 15 is 0 Å². The van der Waals surface area contributed by atoms with E-state index in [0.29, 0.717) is 38.6 Å². The average molecular weight is 407 g/mol. The lowest BCUT2D eigenvalue weighted by Gasteiger charge is -2.28. The van der Waals surface area contributed by atoms with E-state index in [1.54, 1.807) is 11.9 Å². The molecule has 1 atom stereocenters. The molecule has 2 fully saturated rings. The average Bonchev–Trinajstić information content (AvgIpc) is 3.28. The number of alkyl halides is 3. The summed E-state index contributed by atoms with van der Waals surface area (Å²) in [7, 11) is 1.62. The smallest absolute Gasteiger partial charge is 0.410 e. The summed E-state index contributed by atoms with van der Waals surface area (Å²) in [5.41, 5.74) is -0.542. The Kier molecular flexibility index (Phi) is 7.41. The Morgan fingerprint density at radius 2 is 1.93 bits per heavy atom. The molecule has 0 aromatic rings. The monoisotopic (exact) mass is 407 g/mol. The van der Waals surface area contributed by atoms with Gasteiger partial charge in [0.2, 0.25) is 0 Å². The largest absolute Gasteiger partial charge is 0.444 e. The highest BCUT2D eigenvalue weighted by Crippen LogP contribution is 2.28. The molecule has 2 rings (SSSR count). The third-order valence-corrected chi connectivity index (χ3v) is 4.50. The van der Waals surface area contributed by atoms with Crippen molar-refractivity contribution in [2.75, 3.05) is 39.8 Å². The maximum atomic E-state index is 12.5. The molecule has 0 spiro atoms. The normalized spacial score (nSPS) is 21.5. The number of ether oxygens (including phenoxy) is 1. The number of aliphatic imine (C=N–C) groups is 1. The van der Waals surface area contributed by atoms with E-state index in [1.807, 2.05) is 20.8 Å². The number of guanidine groups is 1. The Hall–Kier alpha value is -1.71. The van der Waals surface area contributed by atoms with Gasteiger partial charge in [0.25, 0.3) is 0 Å². The zero-order chi connectivity index (χ0) is 20.9. The highest BCUT2D eigenvalue weighted by Gasteiger charge is 2.36. The predicted octanol–water partition coefficient (Wildman–Crippen LogP) is 2.19. The van der Waals surface area contributed by atoms with Crippen LogP contribution < -0.4 is 10.6 Å². The number of hydrogen-bond acceptors (Lipinski definition) is 4. The summed E-state index contributed by atoms with van der Waals surface area (Å²) < 4.78 is 43.0. The molecule has 7 nitrogen and oxygen atoms in total. The summed E-state index contributed by atoms with van der Waals surface area (Å²) >= 11 is 0. The number of amides is 1. The van der Waals surface area contributed by atoms with Crippen LogP contribution in [0.15, 0.2) is 4.99 Å². The van der Waals surface area contributed by atoms with Gasteiger partial charge in [-0.2, -0.15) is 13.2 Å². The highest BCUT2D eigenvalue weighted by molar-refractivity contribution is 5.80. The van der Waals surface area contributed by atoms with Crippen LogP contribution in [0.3, 0.4) is 0 Å². The Bertz CT molecular complexity index is 558. The molecule has 0 aromatic heterocycles. The molecule has 1 saturated carbocycles. The van der Waals surface area contributed by atoms with Gasteiger partial charge < -0.3 is 20.3 Å². The number of carbonyl (C=O) groups is 1. The summed E-state index contributed by atoms with van der Waals surface area (Å²) in [6, 6.07) is 0.135. The summed E-state index contributed by atoms with van der Waals surface area (Å²) in [6.45, 7) is 6.31. The Balaban J connectivity index is 1.75. The van der Waals surface area contributed by atoms with Crippen LogP contribution in [0, 0.1) is 0 Å². The number of carbonyl (C=O) groups excluding carboxylic acids is 1. The molecule has 1 unspecified atom stereocenters. The molecule has 1 aliphatic carbocycles. The fourth-order valence-electron chi connectivity index (χ4n) is 3.16. The molecule has 1 saturated heterocycles. The van der Waals surface area contributed by atoms with Crippen molar-refractivity contribution in [2.45, 2.75) is 63.9 Å². The zero-order valence-corrected chi connectivity index (χ0v) is 17.1. The van der Waals surface area contributed by atoms with Crippen molar-refractivity contribution in [1.29, 1.82) is 0 Å². The summed E-state index contributed by atoms with van der Waals surface area (Å²) in [5.74, 6) is 0.527. The van der Waals surface area contributed by atoms with E-state index in [-0.39, 0.29) is 18.2 Å². The maximum Gasteiger partial charge on any atom is 0.410 e. The number of halogens is 3. The number of nitrogens with one attached hydrogen (secondary N) is 2. The van der Waals surface area contributed by atoms with Gasteiger partial charge in [0.1, 0.15) is 5.60 Å². The van der Waals surface area contributed by atoms with Crippen molar-refractivity contribution in [3.8, 4) is 0 Å². The molecular formula is C18H32F3N5O2. The van der Waals surface area contributed by atoms with E-state index in [0.717, 1.165) is 12.8 Å². The standard InChI is InChI=1S/C18H32F3N5O2/c1-17(2,3)28-16(27)26(14-5-6-14)10-8-23-15(22-4)24-13-7-9-25(11-13)12-18(19,20)21/h13-14H,5-12H2,1-4H3,(H2,22,23,24). The fraction of sp³-hybridized carbons (Fsp3) is 0.889. The second-order valence-corrected chi connectivity index (χ2v) is 8.38. The topological polar surface area (TPSA) is 69.2 Å².